The van der Waals surface area contributed by atoms with Crippen LogP contribution in [0, 0.1) is 0 Å². The molecule has 90 valence electrons. The van der Waals surface area contributed by atoms with Gasteiger partial charge in [-0.3, -0.25) is 0 Å². The zero-order chi connectivity index (χ0) is 12.0. The summed E-state index contributed by atoms with van der Waals surface area (Å²) >= 11 is 1.28. The Balaban J connectivity index is 2.86. The Morgan fingerprint density at radius 2 is 1.81 bits per heavy atom. The lowest BCUT2D eigenvalue weighted by molar-refractivity contribution is 0.389. The summed E-state index contributed by atoms with van der Waals surface area (Å²) in [6.07, 6.45) is 1.82. The minimum atomic E-state index is -2.78. The highest BCUT2D eigenvalue weighted by Crippen LogP contribution is 2.60. The van der Waals surface area contributed by atoms with Crippen LogP contribution in [0.4, 0.5) is 0 Å². The maximum absolute atomic E-state index is 12.6. The monoisotopic (exact) mass is 259 g/mol. The largest absolute Gasteiger partial charge is 0.426 e. The lowest BCUT2D eigenvalue weighted by Crippen LogP contribution is -2.20. The van der Waals surface area contributed by atoms with E-state index in [-0.39, 0.29) is 0 Å². The van der Waals surface area contributed by atoms with E-state index in [4.69, 9.17) is 4.52 Å². The van der Waals surface area contributed by atoms with E-state index in [1.54, 1.807) is 0 Å². The van der Waals surface area contributed by atoms with Crippen molar-refractivity contribution in [1.29, 1.82) is 0 Å². The topological polar surface area (TPSA) is 29.5 Å². The summed E-state index contributed by atoms with van der Waals surface area (Å²) in [6, 6.07) is 9.32. The summed E-state index contributed by atoms with van der Waals surface area (Å²) in [4.78, 5) is 0. The third-order valence-electron chi connectivity index (χ3n) is 2.27. The molecule has 1 aromatic rings. The minimum Gasteiger partial charge on any atom is -0.426 e. The minimum absolute atomic E-state index is 0.659. The molecule has 0 aliphatic carbocycles. The molecule has 1 unspecified atom stereocenters. The molecule has 0 bridgehead atoms. The first kappa shape index (κ1) is 13.6. The van der Waals surface area contributed by atoms with E-state index in [2.05, 4.69) is 0 Å². The molecule has 5 heteroatoms. The molecule has 0 aliphatic rings. The number of hydrogen-bond acceptors (Lipinski definition) is 3. The summed E-state index contributed by atoms with van der Waals surface area (Å²) < 4.78 is 20.1. The van der Waals surface area contributed by atoms with Crippen LogP contribution in [-0.2, 0) is 4.57 Å². The zero-order valence-corrected chi connectivity index (χ0v) is 11.6. The highest BCUT2D eigenvalue weighted by atomic mass is 32.7. The third kappa shape index (κ3) is 3.27. The molecule has 0 heterocycles. The summed E-state index contributed by atoms with van der Waals surface area (Å²) in [5.41, 5.74) is 0. The fraction of sp³-hybridized carbons (Fsp3) is 0.455. The molecular formula is C11H18NO2PS. The molecule has 0 aromatic heterocycles. The fourth-order valence-electron chi connectivity index (χ4n) is 1.40. The SMILES string of the molecule is CCN(CC)P(=O)(Oc1ccccc1)SC. The number of hydrogen-bond donors (Lipinski definition) is 0. The van der Waals surface area contributed by atoms with Gasteiger partial charge in [0.25, 0.3) is 0 Å². The van der Waals surface area contributed by atoms with E-state index in [0.717, 1.165) is 13.1 Å². The van der Waals surface area contributed by atoms with Gasteiger partial charge in [0.2, 0.25) is 0 Å². The molecule has 0 aliphatic heterocycles. The molecule has 1 atom stereocenters. The molecule has 16 heavy (non-hydrogen) atoms. The van der Waals surface area contributed by atoms with Gasteiger partial charge >= 0.3 is 6.72 Å². The standard InChI is InChI=1S/C11H18NO2PS/c1-4-12(5-2)15(13,16-3)14-11-9-7-6-8-10-11/h6-10H,4-5H2,1-3H3. The maximum atomic E-state index is 12.6. The third-order valence-corrected chi connectivity index (χ3v) is 6.73. The molecule has 0 fully saturated rings. The molecule has 1 rings (SSSR count). The summed E-state index contributed by atoms with van der Waals surface area (Å²) in [5, 5.41) is 0. The molecular weight excluding hydrogens is 241 g/mol. The van der Waals surface area contributed by atoms with Crippen LogP contribution in [0.5, 0.6) is 5.75 Å². The first-order valence-electron chi connectivity index (χ1n) is 5.32. The van der Waals surface area contributed by atoms with Crippen molar-refractivity contribution in [1.82, 2.24) is 4.67 Å². The van der Waals surface area contributed by atoms with Gasteiger partial charge in [-0.2, -0.15) is 0 Å². The fourth-order valence-corrected chi connectivity index (χ4v) is 4.76. The number of para-hydroxylation sites is 1. The van der Waals surface area contributed by atoms with Gasteiger partial charge in [-0.1, -0.05) is 32.0 Å². The van der Waals surface area contributed by atoms with Crippen LogP contribution in [-0.4, -0.2) is 24.0 Å². The number of rotatable bonds is 6. The van der Waals surface area contributed by atoms with Gasteiger partial charge < -0.3 is 4.52 Å². The predicted molar refractivity (Wildman–Crippen MR) is 71.1 cm³/mol. The van der Waals surface area contributed by atoms with E-state index in [9.17, 15) is 4.57 Å². The van der Waals surface area contributed by atoms with Gasteiger partial charge in [0, 0.05) is 13.1 Å². The second kappa shape index (κ2) is 6.33. The van der Waals surface area contributed by atoms with Crippen LogP contribution in [0.2, 0.25) is 0 Å². The van der Waals surface area contributed by atoms with Crippen molar-refractivity contribution in [2.45, 2.75) is 13.8 Å². The van der Waals surface area contributed by atoms with Crippen LogP contribution in [0.25, 0.3) is 0 Å². The quantitative estimate of drug-likeness (QED) is 0.725. The van der Waals surface area contributed by atoms with Crippen molar-refractivity contribution in [2.75, 3.05) is 19.3 Å². The Hall–Kier alpha value is -0.440. The van der Waals surface area contributed by atoms with Crippen molar-refractivity contribution in [3.05, 3.63) is 30.3 Å². The van der Waals surface area contributed by atoms with Crippen LogP contribution >= 0.6 is 18.1 Å². The van der Waals surface area contributed by atoms with Gasteiger partial charge in [-0.05, 0) is 29.8 Å². The molecule has 0 saturated heterocycles. The Kier molecular flexibility index (Phi) is 5.39. The second-order valence-electron chi connectivity index (χ2n) is 3.19. The van der Waals surface area contributed by atoms with Crippen LogP contribution < -0.4 is 4.52 Å². The van der Waals surface area contributed by atoms with Crippen molar-refractivity contribution in [3.8, 4) is 5.75 Å². The molecule has 1 aromatic carbocycles. The van der Waals surface area contributed by atoms with Crippen molar-refractivity contribution < 1.29 is 9.09 Å². The summed E-state index contributed by atoms with van der Waals surface area (Å²) in [5.74, 6) is 0.659. The molecule has 3 nitrogen and oxygen atoms in total. The predicted octanol–water partition coefficient (Wildman–Crippen LogP) is 3.88. The maximum Gasteiger partial charge on any atom is 0.376 e. The van der Waals surface area contributed by atoms with Gasteiger partial charge in [0.15, 0.2) is 0 Å². The van der Waals surface area contributed by atoms with E-state index in [0.29, 0.717) is 5.75 Å². The van der Waals surface area contributed by atoms with Crippen LogP contribution in [0.3, 0.4) is 0 Å². The molecule has 0 saturated carbocycles. The molecule has 0 amide bonds. The van der Waals surface area contributed by atoms with E-state index < -0.39 is 6.72 Å². The van der Waals surface area contributed by atoms with Gasteiger partial charge in [-0.15, -0.1) is 0 Å². The number of nitrogens with zero attached hydrogens (tertiary/aromatic N) is 1. The first-order valence-corrected chi connectivity index (χ1v) is 8.72. The highest BCUT2D eigenvalue weighted by Gasteiger charge is 2.30. The van der Waals surface area contributed by atoms with Gasteiger partial charge in [0.1, 0.15) is 5.75 Å². The number of benzene rings is 1. The van der Waals surface area contributed by atoms with E-state index in [1.807, 2.05) is 55.1 Å². The molecule has 0 spiro atoms. The van der Waals surface area contributed by atoms with E-state index in [1.165, 1.54) is 11.4 Å². The Bertz CT molecular complexity index is 354. The summed E-state index contributed by atoms with van der Waals surface area (Å²) in [6.45, 7) is 2.64. The smallest absolute Gasteiger partial charge is 0.376 e. The Morgan fingerprint density at radius 1 is 1.25 bits per heavy atom. The van der Waals surface area contributed by atoms with Crippen molar-refractivity contribution >= 4 is 18.1 Å². The Labute approximate surface area is 101 Å². The average molecular weight is 259 g/mol. The first-order chi connectivity index (χ1) is 7.66. The lowest BCUT2D eigenvalue weighted by Gasteiger charge is -2.27. The highest BCUT2D eigenvalue weighted by molar-refractivity contribution is 8.55. The second-order valence-corrected chi connectivity index (χ2v) is 7.72. The zero-order valence-electron chi connectivity index (χ0n) is 9.92. The van der Waals surface area contributed by atoms with Crippen molar-refractivity contribution in [3.63, 3.8) is 0 Å². The lowest BCUT2D eigenvalue weighted by atomic mass is 10.3. The Morgan fingerprint density at radius 3 is 2.25 bits per heavy atom. The van der Waals surface area contributed by atoms with Crippen LogP contribution in [0.1, 0.15) is 13.8 Å². The normalized spacial score (nSPS) is 14.8. The van der Waals surface area contributed by atoms with E-state index >= 15 is 0 Å². The van der Waals surface area contributed by atoms with Crippen LogP contribution in [0.15, 0.2) is 30.3 Å². The summed E-state index contributed by atoms with van der Waals surface area (Å²) in [7, 11) is 0. The average Bonchev–Trinajstić information content (AvgIpc) is 2.32. The van der Waals surface area contributed by atoms with Crippen molar-refractivity contribution in [2.24, 2.45) is 0 Å². The van der Waals surface area contributed by atoms with Gasteiger partial charge in [0.05, 0.1) is 0 Å². The molecule has 0 radical (unpaired) electrons. The molecule has 0 N–H and O–H groups in total. The van der Waals surface area contributed by atoms with Gasteiger partial charge in [-0.25, -0.2) is 9.24 Å².